The topological polar surface area (TPSA) is 84.7 Å². The second kappa shape index (κ2) is 4.54. The number of hydrogen-bond donors (Lipinski definition) is 2. The quantitative estimate of drug-likeness (QED) is 0.658. The Morgan fingerprint density at radius 3 is 2.79 bits per heavy atom. The van der Waals surface area contributed by atoms with Crippen molar-refractivity contribution in [2.24, 2.45) is 7.05 Å². The molecular weight excluding hydrogens is 184 g/mol. The van der Waals surface area contributed by atoms with Crippen molar-refractivity contribution in [3.05, 3.63) is 0 Å². The number of tetrazole rings is 1. The van der Waals surface area contributed by atoms with Crippen molar-refractivity contribution in [3.8, 4) is 0 Å². The van der Waals surface area contributed by atoms with E-state index in [1.54, 1.807) is 7.05 Å². The second-order valence-electron chi connectivity index (χ2n) is 3.20. The summed E-state index contributed by atoms with van der Waals surface area (Å²) in [7, 11) is 1.70. The van der Waals surface area contributed by atoms with Gasteiger partial charge >= 0.3 is 0 Å². The van der Waals surface area contributed by atoms with Gasteiger partial charge in [-0.15, -0.1) is 0 Å². The first-order valence-electron chi connectivity index (χ1n) is 4.35. The molecule has 0 aliphatic rings. The molecule has 0 unspecified atom stereocenters. The molecule has 0 aliphatic heterocycles. The molecule has 0 saturated heterocycles. The van der Waals surface area contributed by atoms with Gasteiger partial charge in [0.1, 0.15) is 0 Å². The summed E-state index contributed by atoms with van der Waals surface area (Å²) in [5, 5.41) is 16.3. The molecule has 0 radical (unpaired) electrons. The first-order chi connectivity index (χ1) is 6.59. The zero-order valence-corrected chi connectivity index (χ0v) is 8.48. The van der Waals surface area contributed by atoms with Crippen LogP contribution in [0.1, 0.15) is 13.8 Å². The third kappa shape index (κ3) is 3.00. The maximum atomic E-state index is 11.2. The van der Waals surface area contributed by atoms with E-state index in [9.17, 15) is 4.79 Å². The van der Waals surface area contributed by atoms with Gasteiger partial charge < -0.3 is 10.6 Å². The Labute approximate surface area is 81.9 Å². The molecule has 0 atom stereocenters. The van der Waals surface area contributed by atoms with Crippen molar-refractivity contribution in [3.63, 3.8) is 0 Å². The molecule has 78 valence electrons. The first kappa shape index (κ1) is 10.4. The van der Waals surface area contributed by atoms with E-state index in [1.807, 2.05) is 13.8 Å². The lowest BCUT2D eigenvalue weighted by Crippen LogP contribution is -2.35. The Morgan fingerprint density at radius 2 is 2.29 bits per heavy atom. The second-order valence-corrected chi connectivity index (χ2v) is 3.20. The third-order valence-electron chi connectivity index (χ3n) is 1.48. The monoisotopic (exact) mass is 198 g/mol. The lowest BCUT2D eigenvalue weighted by Gasteiger charge is -2.08. The predicted molar refractivity (Wildman–Crippen MR) is 50.6 cm³/mol. The fourth-order valence-electron chi connectivity index (χ4n) is 0.912. The normalized spacial score (nSPS) is 10.3. The van der Waals surface area contributed by atoms with Gasteiger partial charge in [-0.05, 0) is 24.3 Å². The number of nitrogens with one attached hydrogen (secondary N) is 2. The molecule has 0 aliphatic carbocycles. The Hall–Kier alpha value is -1.66. The SMILES string of the molecule is CC(C)NC(=O)CNc1nnnn1C. The van der Waals surface area contributed by atoms with Gasteiger partial charge in [0.15, 0.2) is 0 Å². The summed E-state index contributed by atoms with van der Waals surface area (Å²) >= 11 is 0. The van der Waals surface area contributed by atoms with Gasteiger partial charge in [0.25, 0.3) is 0 Å². The van der Waals surface area contributed by atoms with E-state index in [0.717, 1.165) is 0 Å². The van der Waals surface area contributed by atoms with Gasteiger partial charge in [0.05, 0.1) is 6.54 Å². The maximum Gasteiger partial charge on any atom is 0.243 e. The van der Waals surface area contributed by atoms with Gasteiger partial charge in [0.2, 0.25) is 11.9 Å². The predicted octanol–water partition coefficient (Wildman–Crippen LogP) is -0.853. The van der Waals surface area contributed by atoms with Gasteiger partial charge in [-0.1, -0.05) is 5.10 Å². The van der Waals surface area contributed by atoms with E-state index in [2.05, 4.69) is 26.2 Å². The smallest absolute Gasteiger partial charge is 0.243 e. The molecule has 2 N–H and O–H groups in total. The van der Waals surface area contributed by atoms with Crippen LogP contribution in [-0.2, 0) is 11.8 Å². The number of carbonyl (C=O) groups excluding carboxylic acids is 1. The largest absolute Gasteiger partial charge is 0.352 e. The van der Waals surface area contributed by atoms with Gasteiger partial charge in [-0.3, -0.25) is 4.79 Å². The number of aryl methyl sites for hydroxylation is 1. The average molecular weight is 198 g/mol. The highest BCUT2D eigenvalue weighted by Crippen LogP contribution is 1.93. The molecule has 0 aromatic carbocycles. The standard InChI is InChI=1S/C7H14N6O/c1-5(2)9-6(14)4-8-7-10-11-12-13(7)3/h5H,4H2,1-3H3,(H,9,14)(H,8,10,12). The molecule has 14 heavy (non-hydrogen) atoms. The van der Waals surface area contributed by atoms with Crippen LogP contribution in [0, 0.1) is 0 Å². The van der Waals surface area contributed by atoms with Gasteiger partial charge in [-0.25, -0.2) is 4.68 Å². The minimum Gasteiger partial charge on any atom is -0.352 e. The molecule has 1 rings (SSSR count). The van der Waals surface area contributed by atoms with Crippen molar-refractivity contribution in [1.82, 2.24) is 25.5 Å². The van der Waals surface area contributed by atoms with Gasteiger partial charge in [-0.2, -0.15) is 0 Å². The van der Waals surface area contributed by atoms with Crippen molar-refractivity contribution in [1.29, 1.82) is 0 Å². The number of hydrogen-bond acceptors (Lipinski definition) is 5. The number of anilines is 1. The van der Waals surface area contributed by atoms with Crippen LogP contribution in [0.2, 0.25) is 0 Å². The Kier molecular flexibility index (Phi) is 3.38. The highest BCUT2D eigenvalue weighted by atomic mass is 16.2. The molecule has 1 aromatic rings. The summed E-state index contributed by atoms with van der Waals surface area (Å²) in [6.07, 6.45) is 0. The van der Waals surface area contributed by atoms with Crippen LogP contribution in [0.5, 0.6) is 0 Å². The van der Waals surface area contributed by atoms with Crippen LogP contribution in [-0.4, -0.2) is 38.7 Å². The minimum absolute atomic E-state index is 0.0806. The number of rotatable bonds is 4. The number of nitrogens with zero attached hydrogens (tertiary/aromatic N) is 4. The minimum atomic E-state index is -0.0806. The van der Waals surface area contributed by atoms with Crippen LogP contribution in [0.25, 0.3) is 0 Å². The Morgan fingerprint density at radius 1 is 1.57 bits per heavy atom. The zero-order chi connectivity index (χ0) is 10.6. The third-order valence-corrected chi connectivity index (χ3v) is 1.48. The van der Waals surface area contributed by atoms with Crippen LogP contribution in [0.3, 0.4) is 0 Å². The van der Waals surface area contributed by atoms with E-state index in [4.69, 9.17) is 0 Å². The zero-order valence-electron chi connectivity index (χ0n) is 8.48. The van der Waals surface area contributed by atoms with Crippen molar-refractivity contribution < 1.29 is 4.79 Å². The number of amides is 1. The summed E-state index contributed by atoms with van der Waals surface area (Å²) in [6, 6.07) is 0.141. The summed E-state index contributed by atoms with van der Waals surface area (Å²) in [5.41, 5.74) is 0. The molecule has 7 heteroatoms. The highest BCUT2D eigenvalue weighted by Gasteiger charge is 2.05. The molecule has 0 fully saturated rings. The summed E-state index contributed by atoms with van der Waals surface area (Å²) in [6.45, 7) is 3.98. The molecule has 0 saturated carbocycles. The van der Waals surface area contributed by atoms with Crippen molar-refractivity contribution >= 4 is 11.9 Å². The molecule has 0 bridgehead atoms. The van der Waals surface area contributed by atoms with Crippen LogP contribution in [0.15, 0.2) is 0 Å². The van der Waals surface area contributed by atoms with Crippen LogP contribution >= 0.6 is 0 Å². The highest BCUT2D eigenvalue weighted by molar-refractivity contribution is 5.80. The molecule has 7 nitrogen and oxygen atoms in total. The fourth-order valence-corrected chi connectivity index (χ4v) is 0.912. The average Bonchev–Trinajstić information content (AvgIpc) is 2.46. The molecule has 1 aromatic heterocycles. The lowest BCUT2D eigenvalue weighted by molar-refractivity contribution is -0.119. The summed E-state index contributed by atoms with van der Waals surface area (Å²) in [5.74, 6) is 0.395. The van der Waals surface area contributed by atoms with E-state index in [1.165, 1.54) is 4.68 Å². The Bertz CT molecular complexity index is 307. The van der Waals surface area contributed by atoms with E-state index in [-0.39, 0.29) is 18.5 Å². The lowest BCUT2D eigenvalue weighted by atomic mass is 10.4. The van der Waals surface area contributed by atoms with Crippen LogP contribution < -0.4 is 10.6 Å². The number of aromatic nitrogens is 4. The molecular formula is C7H14N6O. The summed E-state index contributed by atoms with van der Waals surface area (Å²) < 4.78 is 1.46. The van der Waals surface area contributed by atoms with E-state index in [0.29, 0.717) is 5.95 Å². The number of carbonyl (C=O) groups is 1. The molecule has 0 spiro atoms. The maximum absolute atomic E-state index is 11.2. The van der Waals surface area contributed by atoms with Crippen molar-refractivity contribution in [2.75, 3.05) is 11.9 Å². The van der Waals surface area contributed by atoms with Crippen LogP contribution in [0.4, 0.5) is 5.95 Å². The fraction of sp³-hybridized carbons (Fsp3) is 0.714. The summed E-state index contributed by atoms with van der Waals surface area (Å²) in [4.78, 5) is 11.2. The molecule has 1 heterocycles. The van der Waals surface area contributed by atoms with Crippen molar-refractivity contribution in [2.45, 2.75) is 19.9 Å². The van der Waals surface area contributed by atoms with E-state index < -0.39 is 0 Å². The van der Waals surface area contributed by atoms with Gasteiger partial charge in [0, 0.05) is 13.1 Å². The first-order valence-corrected chi connectivity index (χ1v) is 4.35. The van der Waals surface area contributed by atoms with E-state index >= 15 is 0 Å². The molecule has 1 amide bonds. The Balaban J connectivity index is 2.34.